The predicted octanol–water partition coefficient (Wildman–Crippen LogP) is -1.01. The van der Waals surface area contributed by atoms with Crippen LogP contribution in [0.15, 0.2) is 12.2 Å². The Bertz CT molecular complexity index is 217. The second-order valence-corrected chi connectivity index (χ2v) is 3.93. The van der Waals surface area contributed by atoms with Crippen LogP contribution in [0.4, 0.5) is 0 Å². The molecule has 0 aromatic carbocycles. The van der Waals surface area contributed by atoms with Crippen molar-refractivity contribution in [2.24, 2.45) is 0 Å². The van der Waals surface area contributed by atoms with Gasteiger partial charge in [0.15, 0.2) is 0 Å². The van der Waals surface area contributed by atoms with Gasteiger partial charge in [0.2, 0.25) is 0 Å². The summed E-state index contributed by atoms with van der Waals surface area (Å²) in [6.07, 6.45) is 0. The Labute approximate surface area is 116 Å². The fourth-order valence-electron chi connectivity index (χ4n) is 1.60. The van der Waals surface area contributed by atoms with E-state index in [1.807, 2.05) is 0 Å². The van der Waals surface area contributed by atoms with Crippen LogP contribution < -0.4 is 24.0 Å². The molecule has 0 unspecified atom stereocenters. The molecule has 0 heterocycles. The first-order chi connectivity index (χ1) is 7.01. The van der Waals surface area contributed by atoms with E-state index in [1.54, 1.807) is 6.92 Å². The highest BCUT2D eigenvalue weighted by atomic mass is 127. The molecule has 0 amide bonds. The summed E-state index contributed by atoms with van der Waals surface area (Å²) in [5.74, 6) is -0.281. The van der Waals surface area contributed by atoms with Crippen molar-refractivity contribution in [3.8, 4) is 0 Å². The van der Waals surface area contributed by atoms with Crippen molar-refractivity contribution in [3.05, 3.63) is 12.2 Å². The predicted molar refractivity (Wildman–Crippen MR) is 62.5 cm³/mol. The molecule has 0 atom stereocenters. The number of esters is 1. The highest BCUT2D eigenvalue weighted by Crippen LogP contribution is 2.05. The van der Waals surface area contributed by atoms with Crippen molar-refractivity contribution in [1.29, 1.82) is 0 Å². The molecule has 0 fully saturated rings. The topological polar surface area (TPSA) is 26.3 Å². The molecule has 3 nitrogen and oxygen atoms in total. The Morgan fingerprint density at radius 1 is 1.19 bits per heavy atom. The van der Waals surface area contributed by atoms with E-state index in [1.165, 1.54) is 0 Å². The van der Waals surface area contributed by atoms with Crippen LogP contribution in [0.25, 0.3) is 0 Å². The summed E-state index contributed by atoms with van der Waals surface area (Å²) < 4.78 is 6.11. The Kier molecular flexibility index (Phi) is 10.3. The molecule has 0 aromatic rings. The summed E-state index contributed by atoms with van der Waals surface area (Å²) in [5, 5.41) is 0. The first kappa shape index (κ1) is 18.3. The first-order valence-electron chi connectivity index (χ1n) is 5.69. The molecule has 0 saturated carbocycles. The number of rotatable bonds is 7. The molecular weight excluding hydrogens is 317 g/mol. The van der Waals surface area contributed by atoms with Crippen molar-refractivity contribution in [2.45, 2.75) is 27.7 Å². The number of quaternary nitrogens is 1. The Hall–Kier alpha value is -0.100. The van der Waals surface area contributed by atoms with E-state index in [0.717, 1.165) is 30.7 Å². The minimum absolute atomic E-state index is 0. The van der Waals surface area contributed by atoms with Crippen LogP contribution in [0.3, 0.4) is 0 Å². The normalized spacial score (nSPS) is 10.5. The third kappa shape index (κ3) is 5.84. The van der Waals surface area contributed by atoms with Gasteiger partial charge in [-0.15, -0.1) is 0 Å². The third-order valence-corrected chi connectivity index (χ3v) is 3.16. The highest BCUT2D eigenvalue weighted by molar-refractivity contribution is 5.86. The molecule has 0 aliphatic carbocycles. The maximum atomic E-state index is 11.2. The van der Waals surface area contributed by atoms with Crippen LogP contribution in [0.5, 0.6) is 0 Å². The number of carbonyl (C=O) groups is 1. The van der Waals surface area contributed by atoms with Gasteiger partial charge in [0.25, 0.3) is 0 Å². The second kappa shape index (κ2) is 8.98. The molecule has 0 aromatic heterocycles. The van der Waals surface area contributed by atoms with Gasteiger partial charge < -0.3 is 33.2 Å². The lowest BCUT2D eigenvalue weighted by molar-refractivity contribution is -0.923. The fourth-order valence-corrected chi connectivity index (χ4v) is 1.60. The van der Waals surface area contributed by atoms with Crippen LogP contribution >= 0.6 is 0 Å². The third-order valence-electron chi connectivity index (χ3n) is 3.16. The van der Waals surface area contributed by atoms with Crippen LogP contribution in [0.2, 0.25) is 0 Å². The van der Waals surface area contributed by atoms with Gasteiger partial charge >= 0.3 is 5.97 Å². The van der Waals surface area contributed by atoms with E-state index < -0.39 is 0 Å². The molecule has 96 valence electrons. The lowest BCUT2D eigenvalue weighted by Crippen LogP contribution is -3.00. The molecule has 4 heteroatoms. The smallest absolute Gasteiger partial charge is 0.333 e. The highest BCUT2D eigenvalue weighted by Gasteiger charge is 2.20. The van der Waals surface area contributed by atoms with E-state index in [2.05, 4.69) is 27.4 Å². The average molecular weight is 341 g/mol. The fraction of sp³-hybridized carbons (Fsp3) is 0.750. The van der Waals surface area contributed by atoms with E-state index in [4.69, 9.17) is 4.74 Å². The molecule has 0 bridgehead atoms. The molecule has 0 aliphatic rings. The van der Waals surface area contributed by atoms with Gasteiger partial charge in [0, 0.05) is 5.57 Å². The number of hydrogen-bond acceptors (Lipinski definition) is 2. The minimum Gasteiger partial charge on any atom is -1.00 e. The lowest BCUT2D eigenvalue weighted by Gasteiger charge is -2.35. The van der Waals surface area contributed by atoms with Crippen molar-refractivity contribution in [3.63, 3.8) is 0 Å². The molecule has 0 spiro atoms. The van der Waals surface area contributed by atoms with Crippen LogP contribution in [-0.2, 0) is 9.53 Å². The summed E-state index contributed by atoms with van der Waals surface area (Å²) >= 11 is 0. The van der Waals surface area contributed by atoms with E-state index in [9.17, 15) is 4.79 Å². The zero-order chi connectivity index (χ0) is 11.9. The average Bonchev–Trinajstić information content (AvgIpc) is 2.24. The quantitative estimate of drug-likeness (QED) is 0.257. The molecule has 0 rings (SSSR count). The summed E-state index contributed by atoms with van der Waals surface area (Å²) in [5.41, 5.74) is 0.470. The maximum Gasteiger partial charge on any atom is 0.333 e. The number of likely N-dealkylation sites (N-methyl/N-ethyl adjacent to an activating group) is 1. The zero-order valence-electron chi connectivity index (χ0n) is 10.9. The first-order valence-corrected chi connectivity index (χ1v) is 5.69. The number of nitrogens with zero attached hydrogens (tertiary/aromatic N) is 1. The summed E-state index contributed by atoms with van der Waals surface area (Å²) in [7, 11) is 0. The van der Waals surface area contributed by atoms with Crippen molar-refractivity contribution in [1.82, 2.24) is 0 Å². The number of hydrogen-bond donors (Lipinski definition) is 0. The summed E-state index contributed by atoms with van der Waals surface area (Å²) in [4.78, 5) is 11.2. The summed E-state index contributed by atoms with van der Waals surface area (Å²) in [6.45, 7) is 16.4. The van der Waals surface area contributed by atoms with Crippen LogP contribution in [0, 0.1) is 0 Å². The van der Waals surface area contributed by atoms with E-state index in [0.29, 0.717) is 12.2 Å². The van der Waals surface area contributed by atoms with Gasteiger partial charge in [-0.3, -0.25) is 0 Å². The lowest BCUT2D eigenvalue weighted by atomic mass is 10.3. The summed E-state index contributed by atoms with van der Waals surface area (Å²) in [6, 6.07) is 0. The molecule has 0 N–H and O–H groups in total. The van der Waals surface area contributed by atoms with Gasteiger partial charge in [0.05, 0.1) is 19.6 Å². The maximum absolute atomic E-state index is 11.2. The van der Waals surface area contributed by atoms with Crippen molar-refractivity contribution in [2.75, 3.05) is 32.8 Å². The monoisotopic (exact) mass is 341 g/mol. The van der Waals surface area contributed by atoms with Gasteiger partial charge in [-0.05, 0) is 27.7 Å². The van der Waals surface area contributed by atoms with Gasteiger partial charge in [-0.25, -0.2) is 4.79 Å². The van der Waals surface area contributed by atoms with Gasteiger partial charge in [-0.2, -0.15) is 0 Å². The number of ether oxygens (including phenoxy) is 1. The minimum atomic E-state index is -0.281. The number of carbonyl (C=O) groups excluding carboxylic acids is 1. The SMILES string of the molecule is C=C(C)C(=O)OCC[N+](CC)(CC)CC.[I-]. The van der Waals surface area contributed by atoms with Crippen LogP contribution in [-0.4, -0.2) is 43.2 Å². The standard InChI is InChI=1S/C12H24NO2.HI/c1-6-13(7-2,8-3)9-10-15-12(14)11(4)5;/h4,6-10H2,1-3,5H3;1H/q+1;/p-1. The number of halogens is 1. The second-order valence-electron chi connectivity index (χ2n) is 3.93. The van der Waals surface area contributed by atoms with Crippen molar-refractivity contribution < 1.29 is 38.0 Å². The Morgan fingerprint density at radius 2 is 1.62 bits per heavy atom. The molecular formula is C12H24INO2. The van der Waals surface area contributed by atoms with Crippen LogP contribution in [0.1, 0.15) is 27.7 Å². The Morgan fingerprint density at radius 3 is 1.94 bits per heavy atom. The molecule has 0 radical (unpaired) electrons. The largest absolute Gasteiger partial charge is 1.00 e. The van der Waals surface area contributed by atoms with Crippen molar-refractivity contribution >= 4 is 5.97 Å². The van der Waals surface area contributed by atoms with Gasteiger partial charge in [-0.1, -0.05) is 6.58 Å². The molecule has 16 heavy (non-hydrogen) atoms. The Balaban J connectivity index is 0. The molecule has 0 aliphatic heterocycles. The van der Waals surface area contributed by atoms with E-state index >= 15 is 0 Å². The van der Waals surface area contributed by atoms with Gasteiger partial charge in [0.1, 0.15) is 13.2 Å². The molecule has 0 saturated heterocycles. The zero-order valence-corrected chi connectivity index (χ0v) is 13.0. The van der Waals surface area contributed by atoms with E-state index in [-0.39, 0.29) is 29.9 Å².